The van der Waals surface area contributed by atoms with Crippen molar-refractivity contribution in [1.29, 1.82) is 0 Å². The van der Waals surface area contributed by atoms with Crippen LogP contribution in [0.3, 0.4) is 0 Å². The molecular weight excluding hydrogens is 811 g/mol. The van der Waals surface area contributed by atoms with E-state index in [0.717, 1.165) is 22.5 Å². The van der Waals surface area contributed by atoms with Gasteiger partial charge < -0.3 is 5.32 Å². The van der Waals surface area contributed by atoms with Crippen LogP contribution in [0.15, 0.2) is 254 Å². The number of fused-ring (bicyclic) bond motifs is 7. The lowest BCUT2D eigenvalue weighted by Gasteiger charge is -2.35. The number of benzene rings is 11. The third-order valence-electron chi connectivity index (χ3n) is 14.2. The third-order valence-corrected chi connectivity index (χ3v) is 14.2. The maximum Gasteiger partial charge on any atom is 0.132 e. The largest absolute Gasteiger partial charge is 0.350 e. The Bertz CT molecular complexity index is 3650. The lowest BCUT2D eigenvalue weighted by atomic mass is 9.67. The van der Waals surface area contributed by atoms with Crippen LogP contribution < -0.4 is 10.6 Å². The first-order valence-electron chi connectivity index (χ1n) is 23.3. The Morgan fingerprint density at radius 3 is 1.72 bits per heavy atom. The summed E-state index contributed by atoms with van der Waals surface area (Å²) >= 11 is 0. The molecule has 0 bridgehead atoms. The summed E-state index contributed by atoms with van der Waals surface area (Å²) in [6.45, 7) is 0. The van der Waals surface area contributed by atoms with E-state index in [4.69, 9.17) is 4.99 Å². The van der Waals surface area contributed by atoms with Crippen LogP contribution in [0.2, 0.25) is 0 Å². The summed E-state index contributed by atoms with van der Waals surface area (Å²) in [7, 11) is 0. The molecule has 3 heteroatoms. The van der Waals surface area contributed by atoms with Crippen LogP contribution in [0, 0.1) is 0 Å². The number of hydrogen-bond donors (Lipinski definition) is 2. The van der Waals surface area contributed by atoms with E-state index in [2.05, 4.69) is 259 Å². The molecule has 13 rings (SSSR count). The fourth-order valence-electron chi connectivity index (χ4n) is 11.3. The van der Waals surface area contributed by atoms with E-state index >= 15 is 0 Å². The van der Waals surface area contributed by atoms with Crippen molar-refractivity contribution in [1.82, 2.24) is 10.6 Å². The minimum absolute atomic E-state index is 0.308. The highest BCUT2D eigenvalue weighted by molar-refractivity contribution is 6.20. The van der Waals surface area contributed by atoms with Gasteiger partial charge in [-0.05, 0) is 105 Å². The topological polar surface area (TPSA) is 36.4 Å². The quantitative estimate of drug-likeness (QED) is 0.124. The third kappa shape index (κ3) is 6.27. The van der Waals surface area contributed by atoms with Crippen LogP contribution in [0.4, 0.5) is 0 Å². The van der Waals surface area contributed by atoms with Gasteiger partial charge in [0, 0.05) is 5.56 Å². The Morgan fingerprint density at radius 2 is 0.955 bits per heavy atom. The van der Waals surface area contributed by atoms with E-state index in [1.54, 1.807) is 0 Å². The maximum atomic E-state index is 5.67. The molecule has 11 aromatic rings. The monoisotopic (exact) mass is 855 g/mol. The summed E-state index contributed by atoms with van der Waals surface area (Å²) in [5.74, 6) is 0.855. The highest BCUT2D eigenvalue weighted by atomic mass is 15.3. The van der Waals surface area contributed by atoms with Gasteiger partial charge in [0.25, 0.3) is 0 Å². The molecule has 2 N–H and O–H groups in total. The Morgan fingerprint density at radius 1 is 0.373 bits per heavy atom. The molecular formula is C64H45N3. The minimum atomic E-state index is -0.532. The Balaban J connectivity index is 1.03. The van der Waals surface area contributed by atoms with E-state index in [9.17, 15) is 0 Å². The van der Waals surface area contributed by atoms with Gasteiger partial charge >= 0.3 is 0 Å². The standard InChI is InChI=1S/C64H45N3/c1-4-19-42(20-5-1)43-35-37-45(38-36-43)61-65-62(53-30-15-14-29-51(53)59-50-28-13-11-22-46(50)41-56-49-27-12-10-21-44(49)39-40-52(56)59)67-63(66-61)55-32-18-34-58-60(55)54-31-16-17-33-57(54)64(58,47-23-6-2-7-24-47)48-25-8-3-9-26-48/h1-41,61-62,65H,(H,66,67). The first kappa shape index (κ1) is 39.0. The van der Waals surface area contributed by atoms with E-state index in [1.807, 2.05) is 0 Å². The van der Waals surface area contributed by atoms with Crippen molar-refractivity contribution in [3.8, 4) is 33.4 Å². The summed E-state index contributed by atoms with van der Waals surface area (Å²) < 4.78 is 0. The molecule has 2 atom stereocenters. The minimum Gasteiger partial charge on any atom is -0.350 e. The van der Waals surface area contributed by atoms with Crippen LogP contribution in [-0.2, 0) is 5.41 Å². The van der Waals surface area contributed by atoms with Crippen LogP contribution in [0.25, 0.3) is 65.7 Å². The smallest absolute Gasteiger partial charge is 0.132 e. The Hall–Kier alpha value is -8.37. The van der Waals surface area contributed by atoms with Crippen molar-refractivity contribution in [2.75, 3.05) is 0 Å². The van der Waals surface area contributed by atoms with Crippen molar-refractivity contribution < 1.29 is 0 Å². The number of aliphatic imine (C=N–C) groups is 1. The fourth-order valence-corrected chi connectivity index (χ4v) is 11.3. The highest BCUT2D eigenvalue weighted by Gasteiger charge is 2.47. The first-order chi connectivity index (χ1) is 33.2. The van der Waals surface area contributed by atoms with Gasteiger partial charge in [-0.3, -0.25) is 5.32 Å². The zero-order valence-electron chi connectivity index (χ0n) is 36.8. The molecule has 316 valence electrons. The van der Waals surface area contributed by atoms with Gasteiger partial charge in [-0.15, -0.1) is 0 Å². The van der Waals surface area contributed by atoms with E-state index in [0.29, 0.717) is 0 Å². The molecule has 0 saturated carbocycles. The van der Waals surface area contributed by atoms with Gasteiger partial charge in [0.1, 0.15) is 18.2 Å². The van der Waals surface area contributed by atoms with Crippen molar-refractivity contribution in [2.45, 2.75) is 17.7 Å². The molecule has 0 fully saturated rings. The predicted octanol–water partition coefficient (Wildman–Crippen LogP) is 15.2. The predicted molar refractivity (Wildman–Crippen MR) is 278 cm³/mol. The summed E-state index contributed by atoms with van der Waals surface area (Å²) in [6.07, 6.45) is -0.662. The summed E-state index contributed by atoms with van der Waals surface area (Å²) in [5.41, 5.74) is 15.0. The SMILES string of the molecule is c1ccc(-c2ccc(C3N=C(c4cccc5c4-c4ccccc4C5(c4ccccc4)c4ccccc4)NC(c4ccccc4-c4c5ccccc5cc5c4ccc4ccccc45)N3)cc2)cc1. The molecule has 0 aromatic heterocycles. The van der Waals surface area contributed by atoms with Crippen LogP contribution in [0.1, 0.15) is 51.3 Å². The number of hydrogen-bond acceptors (Lipinski definition) is 3. The Labute approximate surface area is 390 Å². The van der Waals surface area contributed by atoms with Gasteiger partial charge in [-0.1, -0.05) is 243 Å². The maximum absolute atomic E-state index is 5.67. The molecule has 0 saturated heterocycles. The lowest BCUT2D eigenvalue weighted by Crippen LogP contribution is -2.45. The summed E-state index contributed by atoms with van der Waals surface area (Å²) in [5, 5.41) is 15.5. The van der Waals surface area contributed by atoms with Gasteiger partial charge in [0.2, 0.25) is 0 Å². The number of nitrogens with one attached hydrogen (secondary N) is 2. The van der Waals surface area contributed by atoms with Gasteiger partial charge in [-0.2, -0.15) is 0 Å². The fraction of sp³-hybridized carbons (Fsp3) is 0.0469. The molecule has 1 heterocycles. The second-order valence-electron chi connectivity index (χ2n) is 17.8. The van der Waals surface area contributed by atoms with Crippen LogP contribution >= 0.6 is 0 Å². The second kappa shape index (κ2) is 16.0. The first-order valence-corrected chi connectivity index (χ1v) is 23.3. The van der Waals surface area contributed by atoms with E-state index < -0.39 is 5.41 Å². The van der Waals surface area contributed by atoms with Crippen molar-refractivity contribution in [3.63, 3.8) is 0 Å². The zero-order valence-corrected chi connectivity index (χ0v) is 36.8. The molecule has 0 spiro atoms. The molecule has 0 radical (unpaired) electrons. The van der Waals surface area contributed by atoms with Crippen LogP contribution in [-0.4, -0.2) is 5.84 Å². The summed E-state index contributed by atoms with van der Waals surface area (Å²) in [6, 6.07) is 90.8. The second-order valence-corrected chi connectivity index (χ2v) is 17.8. The average molecular weight is 856 g/mol. The van der Waals surface area contributed by atoms with Crippen LogP contribution in [0.5, 0.6) is 0 Å². The normalized spacial score (nSPS) is 16.0. The van der Waals surface area contributed by atoms with Gasteiger partial charge in [-0.25, -0.2) is 4.99 Å². The molecule has 2 unspecified atom stereocenters. The average Bonchev–Trinajstić information content (AvgIpc) is 3.72. The zero-order chi connectivity index (χ0) is 44.3. The number of amidine groups is 1. The number of nitrogens with zero attached hydrogens (tertiary/aromatic N) is 1. The van der Waals surface area contributed by atoms with Crippen molar-refractivity contribution in [2.24, 2.45) is 4.99 Å². The van der Waals surface area contributed by atoms with Gasteiger partial charge in [0.05, 0.1) is 5.41 Å². The lowest BCUT2D eigenvalue weighted by molar-refractivity contribution is 0.410. The van der Waals surface area contributed by atoms with Crippen molar-refractivity contribution in [3.05, 3.63) is 288 Å². The summed E-state index contributed by atoms with van der Waals surface area (Å²) in [4.78, 5) is 5.67. The number of rotatable bonds is 7. The Kier molecular flexibility index (Phi) is 9.29. The van der Waals surface area contributed by atoms with E-state index in [-0.39, 0.29) is 12.3 Å². The molecule has 2 aliphatic rings. The highest BCUT2D eigenvalue weighted by Crippen LogP contribution is 2.57. The molecule has 1 aliphatic heterocycles. The molecule has 11 aromatic carbocycles. The van der Waals surface area contributed by atoms with E-state index in [1.165, 1.54) is 88.0 Å². The van der Waals surface area contributed by atoms with Crippen molar-refractivity contribution >= 4 is 38.2 Å². The van der Waals surface area contributed by atoms with Gasteiger partial charge in [0.15, 0.2) is 0 Å². The molecule has 0 amide bonds. The molecule has 67 heavy (non-hydrogen) atoms. The molecule has 1 aliphatic carbocycles. The molecule has 3 nitrogen and oxygen atoms in total.